The van der Waals surface area contributed by atoms with Crippen LogP contribution in [0, 0.1) is 6.92 Å². The Labute approximate surface area is 189 Å². The molecule has 0 spiro atoms. The predicted molar refractivity (Wildman–Crippen MR) is 129 cm³/mol. The Morgan fingerprint density at radius 3 is 2.74 bits per heavy atom. The second kappa shape index (κ2) is 7.94. The van der Waals surface area contributed by atoms with E-state index in [1.54, 1.807) is 18.2 Å². The van der Waals surface area contributed by atoms with Gasteiger partial charge in [-0.15, -0.1) is 11.3 Å². The molecular weight excluding hydrogens is 452 g/mol. The molecule has 1 saturated heterocycles. The average Bonchev–Trinajstić information content (AvgIpc) is 3.10. The summed E-state index contributed by atoms with van der Waals surface area (Å²) < 4.78 is 30.3. The van der Waals surface area contributed by atoms with E-state index >= 15 is 0 Å². The lowest BCUT2D eigenvalue weighted by molar-refractivity contribution is 0.589. The number of sulfonamides is 1. The Morgan fingerprint density at radius 1 is 1.13 bits per heavy atom. The maximum Gasteiger partial charge on any atom is 0.271 e. The van der Waals surface area contributed by atoms with Crippen LogP contribution in [0.4, 0.5) is 11.4 Å². The highest BCUT2D eigenvalue weighted by molar-refractivity contribution is 7.94. The molecule has 2 N–H and O–H groups in total. The molecule has 2 aromatic heterocycles. The van der Waals surface area contributed by atoms with E-state index in [1.165, 1.54) is 11.3 Å². The summed E-state index contributed by atoms with van der Waals surface area (Å²) in [6.45, 7) is 5.55. The number of anilines is 2. The van der Waals surface area contributed by atoms with Gasteiger partial charge in [0.2, 0.25) is 0 Å². The minimum absolute atomic E-state index is 0.303. The van der Waals surface area contributed by atoms with Crippen LogP contribution in [-0.2, 0) is 10.0 Å². The van der Waals surface area contributed by atoms with E-state index in [2.05, 4.69) is 26.0 Å². The molecule has 160 valence electrons. The number of benzene rings is 2. The van der Waals surface area contributed by atoms with Crippen LogP contribution in [0.1, 0.15) is 5.56 Å². The van der Waals surface area contributed by atoms with Gasteiger partial charge in [0.25, 0.3) is 10.0 Å². The summed E-state index contributed by atoms with van der Waals surface area (Å²) in [6.07, 6.45) is 1.88. The number of aryl methyl sites for hydroxylation is 1. The normalized spacial score (nSPS) is 15.0. The van der Waals surface area contributed by atoms with Gasteiger partial charge in [0, 0.05) is 47.0 Å². The van der Waals surface area contributed by atoms with E-state index in [0.717, 1.165) is 52.9 Å². The van der Waals surface area contributed by atoms with Gasteiger partial charge >= 0.3 is 0 Å². The van der Waals surface area contributed by atoms with Crippen molar-refractivity contribution >= 4 is 65.3 Å². The fourth-order valence-corrected chi connectivity index (χ4v) is 6.88. The Kier molecular flexibility index (Phi) is 5.26. The molecule has 1 aliphatic heterocycles. The molecule has 0 unspecified atom stereocenters. The molecule has 6 nitrogen and oxygen atoms in total. The zero-order valence-electron chi connectivity index (χ0n) is 16.9. The summed E-state index contributed by atoms with van der Waals surface area (Å²) in [5.41, 5.74) is 3.10. The van der Waals surface area contributed by atoms with E-state index in [1.807, 2.05) is 31.3 Å². The van der Waals surface area contributed by atoms with Crippen LogP contribution >= 0.6 is 22.9 Å². The zero-order chi connectivity index (χ0) is 21.6. The van der Waals surface area contributed by atoms with E-state index in [-0.39, 0.29) is 0 Å². The Hall–Kier alpha value is -2.39. The number of rotatable bonds is 4. The average molecular weight is 473 g/mol. The number of aromatic nitrogens is 1. The van der Waals surface area contributed by atoms with Crippen molar-refractivity contribution < 1.29 is 8.42 Å². The molecule has 9 heteroatoms. The first-order chi connectivity index (χ1) is 14.9. The van der Waals surface area contributed by atoms with Crippen LogP contribution in [0.5, 0.6) is 0 Å². The highest BCUT2D eigenvalue weighted by Gasteiger charge is 2.22. The molecular formula is C22H21ClN4O2S2. The van der Waals surface area contributed by atoms with E-state index in [9.17, 15) is 8.42 Å². The van der Waals surface area contributed by atoms with Gasteiger partial charge in [-0.2, -0.15) is 0 Å². The molecule has 0 bridgehead atoms. The van der Waals surface area contributed by atoms with Crippen LogP contribution < -0.4 is 14.9 Å². The summed E-state index contributed by atoms with van der Waals surface area (Å²) in [7, 11) is -3.73. The van der Waals surface area contributed by atoms with Gasteiger partial charge < -0.3 is 10.2 Å². The third-order valence-corrected chi connectivity index (χ3v) is 9.01. The smallest absolute Gasteiger partial charge is 0.271 e. The number of hydrogen-bond acceptors (Lipinski definition) is 6. The van der Waals surface area contributed by atoms with Crippen LogP contribution in [0.15, 0.2) is 52.9 Å². The highest BCUT2D eigenvalue weighted by Crippen LogP contribution is 2.36. The molecule has 4 aromatic rings. The maximum absolute atomic E-state index is 13.2. The molecule has 3 heterocycles. The Bertz CT molecular complexity index is 1400. The van der Waals surface area contributed by atoms with Crippen molar-refractivity contribution in [2.75, 3.05) is 35.8 Å². The molecule has 31 heavy (non-hydrogen) atoms. The zero-order valence-corrected chi connectivity index (χ0v) is 19.2. The second-order valence-electron chi connectivity index (χ2n) is 7.60. The van der Waals surface area contributed by atoms with Gasteiger partial charge in [-0.3, -0.25) is 9.71 Å². The van der Waals surface area contributed by atoms with Crippen molar-refractivity contribution in [2.45, 2.75) is 11.1 Å². The number of nitrogens with zero attached hydrogens (tertiary/aromatic N) is 2. The minimum Gasteiger partial charge on any atom is -0.368 e. The van der Waals surface area contributed by atoms with Crippen molar-refractivity contribution in [1.82, 2.24) is 10.3 Å². The molecule has 0 radical (unpaired) electrons. The van der Waals surface area contributed by atoms with E-state index in [4.69, 9.17) is 11.6 Å². The lowest BCUT2D eigenvalue weighted by Gasteiger charge is -2.29. The summed E-state index contributed by atoms with van der Waals surface area (Å²) in [5, 5.41) is 5.70. The molecule has 1 fully saturated rings. The molecule has 2 aromatic carbocycles. The van der Waals surface area contributed by atoms with Crippen molar-refractivity contribution in [3.63, 3.8) is 0 Å². The Balaban J connectivity index is 1.48. The summed E-state index contributed by atoms with van der Waals surface area (Å²) >= 11 is 7.34. The van der Waals surface area contributed by atoms with Crippen molar-refractivity contribution in [3.05, 3.63) is 59.2 Å². The number of fused-ring (bicyclic) bond motifs is 2. The van der Waals surface area contributed by atoms with Gasteiger partial charge in [0.1, 0.15) is 4.21 Å². The molecule has 0 saturated carbocycles. The number of pyridine rings is 1. The molecule has 1 aliphatic rings. The predicted octanol–water partition coefficient (Wildman–Crippen LogP) is 4.62. The lowest BCUT2D eigenvalue weighted by Crippen LogP contribution is -2.43. The van der Waals surface area contributed by atoms with Gasteiger partial charge in [0.05, 0.1) is 17.4 Å². The SMILES string of the molecule is Cc1c(S(=O)(=O)Nc2ccc3ncc(N4CCNCC4)cc3c2)sc2ccc(Cl)cc12. The highest BCUT2D eigenvalue weighted by atomic mass is 35.5. The van der Waals surface area contributed by atoms with Crippen LogP contribution in [0.3, 0.4) is 0 Å². The fraction of sp³-hybridized carbons (Fsp3) is 0.227. The number of nitrogens with one attached hydrogen (secondary N) is 2. The first-order valence-corrected chi connectivity index (χ1v) is 12.7. The lowest BCUT2D eigenvalue weighted by atomic mass is 10.2. The largest absolute Gasteiger partial charge is 0.368 e. The molecule has 0 amide bonds. The topological polar surface area (TPSA) is 74.3 Å². The van der Waals surface area contributed by atoms with Gasteiger partial charge in [-0.05, 0) is 60.3 Å². The third kappa shape index (κ3) is 3.96. The monoisotopic (exact) mass is 472 g/mol. The standard InChI is InChI=1S/C22H21ClN4O2S2/c1-14-19-12-16(23)2-5-21(19)30-22(14)31(28,29)26-17-3-4-20-15(10-17)11-18(13-25-20)27-8-6-24-7-9-27/h2-5,10-13,24,26H,6-9H2,1H3. The molecule has 0 aliphatic carbocycles. The van der Waals surface area contributed by atoms with Crippen molar-refractivity contribution in [3.8, 4) is 0 Å². The van der Waals surface area contributed by atoms with E-state index < -0.39 is 10.0 Å². The van der Waals surface area contributed by atoms with E-state index in [0.29, 0.717) is 20.5 Å². The number of piperazine rings is 1. The molecule has 0 atom stereocenters. The van der Waals surface area contributed by atoms with Gasteiger partial charge in [0.15, 0.2) is 0 Å². The second-order valence-corrected chi connectivity index (χ2v) is 11.0. The Morgan fingerprint density at radius 2 is 1.94 bits per heavy atom. The van der Waals surface area contributed by atoms with Crippen LogP contribution in [-0.4, -0.2) is 39.6 Å². The number of halogens is 1. The van der Waals surface area contributed by atoms with Crippen molar-refractivity contribution in [1.29, 1.82) is 0 Å². The van der Waals surface area contributed by atoms with Crippen LogP contribution in [0.25, 0.3) is 21.0 Å². The quantitative estimate of drug-likeness (QED) is 0.453. The number of thiophene rings is 1. The maximum atomic E-state index is 13.2. The summed E-state index contributed by atoms with van der Waals surface area (Å²) in [4.78, 5) is 6.84. The molecule has 5 rings (SSSR count). The third-order valence-electron chi connectivity index (χ3n) is 5.50. The van der Waals surface area contributed by atoms with Crippen LogP contribution in [0.2, 0.25) is 5.02 Å². The minimum atomic E-state index is -3.73. The first-order valence-electron chi connectivity index (χ1n) is 9.98. The summed E-state index contributed by atoms with van der Waals surface area (Å²) in [6, 6.07) is 12.9. The summed E-state index contributed by atoms with van der Waals surface area (Å²) in [5.74, 6) is 0. The number of hydrogen-bond donors (Lipinski definition) is 2. The fourth-order valence-electron chi connectivity index (χ4n) is 3.91. The van der Waals surface area contributed by atoms with Gasteiger partial charge in [-0.1, -0.05) is 11.6 Å². The first kappa shape index (κ1) is 20.5. The van der Waals surface area contributed by atoms with Gasteiger partial charge in [-0.25, -0.2) is 8.42 Å². The van der Waals surface area contributed by atoms with Crippen molar-refractivity contribution in [2.24, 2.45) is 0 Å².